The highest BCUT2D eigenvalue weighted by Crippen LogP contribution is 2.35. The molecule has 1 atom stereocenters. The lowest BCUT2D eigenvalue weighted by atomic mass is 9.89. The number of hydrogen-bond acceptors (Lipinski definition) is 5. The summed E-state index contributed by atoms with van der Waals surface area (Å²) in [5, 5.41) is 23.3. The van der Waals surface area contributed by atoms with Gasteiger partial charge in [-0.25, -0.2) is 0 Å². The third-order valence-corrected chi connectivity index (χ3v) is 4.31. The molecule has 2 heterocycles. The zero-order valence-electron chi connectivity index (χ0n) is 12.2. The van der Waals surface area contributed by atoms with E-state index in [2.05, 4.69) is 5.32 Å². The van der Waals surface area contributed by atoms with E-state index >= 15 is 0 Å². The van der Waals surface area contributed by atoms with Crippen molar-refractivity contribution in [2.24, 2.45) is 0 Å². The summed E-state index contributed by atoms with van der Waals surface area (Å²) >= 11 is 0. The first-order valence-corrected chi connectivity index (χ1v) is 7.44. The maximum Gasteiger partial charge on any atom is 0.197 e. The van der Waals surface area contributed by atoms with E-state index in [-0.39, 0.29) is 23.0 Å². The van der Waals surface area contributed by atoms with Crippen molar-refractivity contribution in [1.29, 1.82) is 0 Å². The Labute approximate surface area is 131 Å². The summed E-state index contributed by atoms with van der Waals surface area (Å²) in [4.78, 5) is 12.8. The van der Waals surface area contributed by atoms with Crippen molar-refractivity contribution >= 4 is 11.0 Å². The average Bonchev–Trinajstić information content (AvgIpc) is 2.56. The SMILES string of the molecule is O=c1c([C@@H]2NCCc3cc(O)c(O)cc32)coc2ccccc12. The summed E-state index contributed by atoms with van der Waals surface area (Å²) in [6.45, 7) is 0.675. The molecule has 0 unspecified atom stereocenters. The third-order valence-electron chi connectivity index (χ3n) is 4.31. The summed E-state index contributed by atoms with van der Waals surface area (Å²) in [6, 6.07) is 9.81. The van der Waals surface area contributed by atoms with Crippen LogP contribution in [0.4, 0.5) is 0 Å². The van der Waals surface area contributed by atoms with Crippen LogP contribution >= 0.6 is 0 Å². The van der Waals surface area contributed by atoms with Gasteiger partial charge in [0.1, 0.15) is 11.8 Å². The van der Waals surface area contributed by atoms with Gasteiger partial charge < -0.3 is 19.9 Å². The van der Waals surface area contributed by atoms with E-state index in [1.807, 2.05) is 6.07 Å². The number of para-hydroxylation sites is 1. The third kappa shape index (κ3) is 2.17. The van der Waals surface area contributed by atoms with Gasteiger partial charge in [-0.15, -0.1) is 0 Å². The zero-order valence-corrected chi connectivity index (χ0v) is 12.2. The minimum atomic E-state index is -0.369. The second-order valence-corrected chi connectivity index (χ2v) is 5.69. The standard InChI is InChI=1S/C18H15NO4/c20-14-7-10-5-6-19-17(12(10)8-15(14)21)13-9-23-16-4-2-1-3-11(16)18(13)22/h1-4,7-9,17,19-21H,5-6H2/t17-/m1/s1. The van der Waals surface area contributed by atoms with E-state index in [9.17, 15) is 15.0 Å². The maximum absolute atomic E-state index is 12.8. The van der Waals surface area contributed by atoms with Gasteiger partial charge in [0.2, 0.25) is 0 Å². The van der Waals surface area contributed by atoms with Crippen molar-refractivity contribution in [3.05, 3.63) is 69.6 Å². The largest absolute Gasteiger partial charge is 0.504 e. The predicted molar refractivity (Wildman–Crippen MR) is 85.8 cm³/mol. The summed E-state index contributed by atoms with van der Waals surface area (Å²) in [5.74, 6) is -0.336. The average molecular weight is 309 g/mol. The molecule has 2 aromatic carbocycles. The molecule has 1 aliphatic rings. The molecule has 4 rings (SSSR count). The Bertz CT molecular complexity index is 961. The van der Waals surface area contributed by atoms with Crippen LogP contribution in [0.3, 0.4) is 0 Å². The van der Waals surface area contributed by atoms with Gasteiger partial charge in [-0.3, -0.25) is 4.79 Å². The van der Waals surface area contributed by atoms with Crippen molar-refractivity contribution in [2.75, 3.05) is 6.54 Å². The first-order valence-electron chi connectivity index (χ1n) is 7.44. The number of phenols is 2. The molecule has 23 heavy (non-hydrogen) atoms. The van der Waals surface area contributed by atoms with Gasteiger partial charge >= 0.3 is 0 Å². The van der Waals surface area contributed by atoms with Crippen LogP contribution in [-0.2, 0) is 6.42 Å². The van der Waals surface area contributed by atoms with E-state index in [1.165, 1.54) is 12.3 Å². The van der Waals surface area contributed by atoms with Crippen LogP contribution in [0, 0.1) is 0 Å². The monoisotopic (exact) mass is 309 g/mol. The number of rotatable bonds is 1. The Balaban J connectivity index is 1.92. The van der Waals surface area contributed by atoms with Gasteiger partial charge in [0.05, 0.1) is 17.0 Å². The molecule has 0 saturated heterocycles. The van der Waals surface area contributed by atoms with Crippen LogP contribution in [0.25, 0.3) is 11.0 Å². The lowest BCUT2D eigenvalue weighted by Gasteiger charge is -2.27. The van der Waals surface area contributed by atoms with Crippen LogP contribution in [0.5, 0.6) is 11.5 Å². The molecule has 0 aliphatic carbocycles. The lowest BCUT2D eigenvalue weighted by molar-refractivity contribution is 0.400. The molecule has 0 amide bonds. The lowest BCUT2D eigenvalue weighted by Crippen LogP contribution is -2.33. The molecule has 0 radical (unpaired) electrons. The molecule has 5 heteroatoms. The van der Waals surface area contributed by atoms with Crippen LogP contribution in [0.1, 0.15) is 22.7 Å². The molecule has 0 spiro atoms. The van der Waals surface area contributed by atoms with Gasteiger partial charge in [-0.2, -0.15) is 0 Å². The van der Waals surface area contributed by atoms with Crippen molar-refractivity contribution in [2.45, 2.75) is 12.5 Å². The predicted octanol–water partition coefficient (Wildman–Crippen LogP) is 2.44. The summed E-state index contributed by atoms with van der Waals surface area (Å²) in [5.41, 5.74) is 2.65. The van der Waals surface area contributed by atoms with Crippen molar-refractivity contribution < 1.29 is 14.6 Å². The molecule has 3 N–H and O–H groups in total. The molecular weight excluding hydrogens is 294 g/mol. The molecule has 0 saturated carbocycles. The van der Waals surface area contributed by atoms with E-state index in [0.29, 0.717) is 23.1 Å². The number of benzene rings is 2. The Morgan fingerprint density at radius 2 is 1.87 bits per heavy atom. The number of hydrogen-bond donors (Lipinski definition) is 3. The van der Waals surface area contributed by atoms with Crippen LogP contribution in [0.2, 0.25) is 0 Å². The molecule has 5 nitrogen and oxygen atoms in total. The van der Waals surface area contributed by atoms with Crippen molar-refractivity contribution in [3.8, 4) is 11.5 Å². The highest BCUT2D eigenvalue weighted by Gasteiger charge is 2.26. The van der Waals surface area contributed by atoms with Crippen molar-refractivity contribution in [3.63, 3.8) is 0 Å². The fourth-order valence-electron chi connectivity index (χ4n) is 3.15. The van der Waals surface area contributed by atoms with E-state index < -0.39 is 0 Å². The second-order valence-electron chi connectivity index (χ2n) is 5.69. The Kier molecular flexibility index (Phi) is 3.09. The normalized spacial score (nSPS) is 17.1. The quantitative estimate of drug-likeness (QED) is 0.601. The number of fused-ring (bicyclic) bond motifs is 2. The minimum Gasteiger partial charge on any atom is -0.504 e. The molecule has 116 valence electrons. The molecule has 1 aliphatic heterocycles. The molecule has 0 fully saturated rings. The number of aromatic hydroxyl groups is 2. The highest BCUT2D eigenvalue weighted by atomic mass is 16.3. The maximum atomic E-state index is 12.8. The topological polar surface area (TPSA) is 82.7 Å². The number of phenolic OH excluding ortho intramolecular Hbond substituents is 2. The van der Waals surface area contributed by atoms with E-state index in [0.717, 1.165) is 17.5 Å². The van der Waals surface area contributed by atoms with Crippen LogP contribution < -0.4 is 10.7 Å². The fraction of sp³-hybridized carbons (Fsp3) is 0.167. The fourth-order valence-corrected chi connectivity index (χ4v) is 3.15. The van der Waals surface area contributed by atoms with Gasteiger partial charge in [0.15, 0.2) is 16.9 Å². The summed E-state index contributed by atoms with van der Waals surface area (Å²) in [7, 11) is 0. The van der Waals surface area contributed by atoms with Gasteiger partial charge in [0, 0.05) is 6.54 Å². The first kappa shape index (κ1) is 13.8. The van der Waals surface area contributed by atoms with Crippen LogP contribution in [-0.4, -0.2) is 16.8 Å². The van der Waals surface area contributed by atoms with Gasteiger partial charge in [-0.05, 0) is 41.8 Å². The second kappa shape index (κ2) is 5.14. The Hall–Kier alpha value is -2.79. The van der Waals surface area contributed by atoms with Gasteiger partial charge in [-0.1, -0.05) is 12.1 Å². The highest BCUT2D eigenvalue weighted by molar-refractivity contribution is 5.76. The Morgan fingerprint density at radius 3 is 2.74 bits per heavy atom. The minimum absolute atomic E-state index is 0.0928. The zero-order chi connectivity index (χ0) is 16.0. The van der Waals surface area contributed by atoms with Crippen molar-refractivity contribution in [1.82, 2.24) is 5.32 Å². The Morgan fingerprint density at radius 1 is 1.09 bits per heavy atom. The molecular formula is C18H15NO4. The van der Waals surface area contributed by atoms with Gasteiger partial charge in [0.25, 0.3) is 0 Å². The summed E-state index contributed by atoms with van der Waals surface area (Å²) < 4.78 is 5.59. The smallest absolute Gasteiger partial charge is 0.197 e. The molecule has 0 bridgehead atoms. The van der Waals surface area contributed by atoms with Crippen LogP contribution in [0.15, 0.2) is 51.9 Å². The number of nitrogens with one attached hydrogen (secondary N) is 1. The summed E-state index contributed by atoms with van der Waals surface area (Å²) in [6.07, 6.45) is 2.19. The molecule has 1 aromatic heterocycles. The van der Waals surface area contributed by atoms with E-state index in [4.69, 9.17) is 4.42 Å². The molecule has 3 aromatic rings. The first-order chi connectivity index (χ1) is 11.1. The van der Waals surface area contributed by atoms with E-state index in [1.54, 1.807) is 24.3 Å².